The van der Waals surface area contributed by atoms with Crippen molar-refractivity contribution in [3.63, 3.8) is 0 Å². The predicted octanol–water partition coefficient (Wildman–Crippen LogP) is 6.35. The molecule has 6 rings (SSSR count). The van der Waals surface area contributed by atoms with Gasteiger partial charge in [0.25, 0.3) is 5.91 Å². The number of nitrogens with zero attached hydrogens (tertiary/aromatic N) is 5. The van der Waals surface area contributed by atoms with Crippen LogP contribution in [0.25, 0.3) is 11.1 Å². The van der Waals surface area contributed by atoms with E-state index in [0.717, 1.165) is 26.5 Å². The minimum absolute atomic E-state index is 0.0279. The summed E-state index contributed by atoms with van der Waals surface area (Å²) >= 11 is 0. The zero-order chi connectivity index (χ0) is 65.6. The van der Waals surface area contributed by atoms with E-state index >= 15 is 9.59 Å². The summed E-state index contributed by atoms with van der Waals surface area (Å²) in [5, 5.41) is 20.3. The lowest BCUT2D eigenvalue weighted by atomic mass is 9.94. The molecule has 4 aromatic carbocycles. The van der Waals surface area contributed by atoms with Gasteiger partial charge in [-0.1, -0.05) is 145 Å². The fraction of sp³-hybridized carbons (Fsp3) is 0.522. The van der Waals surface area contributed by atoms with Gasteiger partial charge in [-0.3, -0.25) is 38.4 Å². The van der Waals surface area contributed by atoms with Crippen molar-refractivity contribution in [1.82, 2.24) is 40.4 Å². The van der Waals surface area contributed by atoms with E-state index in [9.17, 15) is 38.7 Å². The van der Waals surface area contributed by atoms with Crippen LogP contribution in [0.4, 0.5) is 0 Å². The molecule has 4 aromatic rings. The van der Waals surface area contributed by atoms with Crippen molar-refractivity contribution in [1.29, 1.82) is 0 Å². The smallest absolute Gasteiger partial charge is 0.332 e. The van der Waals surface area contributed by atoms with Crippen LogP contribution < -0.4 is 20.7 Å². The molecule has 2 aliphatic heterocycles. The normalized spacial score (nSPS) is 24.6. The number of carbonyl (C=O) groups is 9. The molecule has 0 bridgehead atoms. The summed E-state index contributed by atoms with van der Waals surface area (Å²) in [5.41, 5.74) is 2.08. The van der Waals surface area contributed by atoms with Crippen LogP contribution in [0.1, 0.15) is 118 Å². The lowest BCUT2D eigenvalue weighted by molar-refractivity contribution is -0.177. The first kappa shape index (κ1) is 70.0. The number of esters is 1. The number of fused-ring (bicyclic) bond motifs is 1. The molecule has 2 heterocycles. The van der Waals surface area contributed by atoms with E-state index in [-0.39, 0.29) is 38.1 Å². The quantitative estimate of drug-likeness (QED) is 0.0953. The molecular weight excluding hydrogens is 1130 g/mol. The van der Waals surface area contributed by atoms with Crippen molar-refractivity contribution >= 4 is 53.2 Å². The molecule has 11 atom stereocenters. The van der Waals surface area contributed by atoms with Crippen LogP contribution in [0.2, 0.25) is 0 Å². The fourth-order valence-corrected chi connectivity index (χ4v) is 11.4. The largest absolute Gasteiger partial charge is 0.489 e. The first-order valence-corrected chi connectivity index (χ1v) is 31.2. The maximum Gasteiger partial charge on any atom is 0.332 e. The van der Waals surface area contributed by atoms with Crippen LogP contribution in [0.5, 0.6) is 5.75 Å². The summed E-state index contributed by atoms with van der Waals surface area (Å²) in [6, 6.07) is 23.7. The van der Waals surface area contributed by atoms with Crippen LogP contribution in [0.15, 0.2) is 109 Å². The Kier molecular flexibility index (Phi) is 24.7. The molecule has 5 unspecified atom stereocenters. The highest BCUT2D eigenvalue weighted by Crippen LogP contribution is 2.29. The number of benzene rings is 4. The molecule has 482 valence electrons. The molecule has 0 spiro atoms. The molecule has 8 amide bonds. The zero-order valence-electron chi connectivity index (χ0n) is 54.4. The van der Waals surface area contributed by atoms with E-state index < -0.39 is 125 Å². The minimum atomic E-state index is -1.98. The number of likely N-dealkylation sites (N-methyl/N-ethyl adjacent to an activating group) is 4. The molecule has 20 nitrogen and oxygen atoms in total. The minimum Gasteiger partial charge on any atom is -0.489 e. The van der Waals surface area contributed by atoms with E-state index in [2.05, 4.69) is 16.0 Å². The molecule has 2 saturated heterocycles. The van der Waals surface area contributed by atoms with Gasteiger partial charge in [0.05, 0.1) is 5.60 Å². The first-order chi connectivity index (χ1) is 42.1. The van der Waals surface area contributed by atoms with Crippen LogP contribution >= 0.6 is 0 Å². The third-order valence-electron chi connectivity index (χ3n) is 17.6. The SMILES string of the molecule is CCC(C)[C@@H]1NC(=O)[C@@H]2CCCN2C(=O)C(Cc2cccc(-c3ccc(OCc4ccccc4)cc3)c2)N(C)C(=O)C(Cc2ccccc2)NC(=O)[C@H](C)N(C)C(=O)C([C@H](C)CC)OC(=O)C(C(C)(C)O)N(C)C(=O)[C@H](CC(C)C)NC(=O)[C@H](C)N(C)C1=O. The zero-order valence-corrected chi connectivity index (χ0v) is 54.4. The molecule has 0 saturated carbocycles. The van der Waals surface area contributed by atoms with Crippen molar-refractivity contribution in [2.75, 3.05) is 34.7 Å². The Morgan fingerprint density at radius 1 is 0.584 bits per heavy atom. The van der Waals surface area contributed by atoms with E-state index in [1.807, 2.05) is 106 Å². The predicted molar refractivity (Wildman–Crippen MR) is 339 cm³/mol. The molecule has 20 heteroatoms. The summed E-state index contributed by atoms with van der Waals surface area (Å²) in [5.74, 6) is -7.19. The van der Waals surface area contributed by atoms with Crippen molar-refractivity contribution in [2.45, 2.75) is 181 Å². The third-order valence-corrected chi connectivity index (χ3v) is 17.6. The summed E-state index contributed by atoms with van der Waals surface area (Å²) in [6.07, 6.45) is -0.110. The highest BCUT2D eigenvalue weighted by Gasteiger charge is 2.47. The number of aliphatic hydroxyl groups is 1. The molecule has 0 aromatic heterocycles. The van der Waals surface area contributed by atoms with Crippen molar-refractivity contribution in [3.05, 3.63) is 126 Å². The Labute approximate surface area is 525 Å². The number of hydrogen-bond donors (Lipinski definition) is 4. The Morgan fingerprint density at radius 2 is 1.13 bits per heavy atom. The van der Waals surface area contributed by atoms with Crippen LogP contribution in [-0.4, -0.2) is 178 Å². The van der Waals surface area contributed by atoms with Gasteiger partial charge in [-0.2, -0.15) is 0 Å². The molecule has 2 fully saturated rings. The van der Waals surface area contributed by atoms with Gasteiger partial charge in [-0.05, 0) is 105 Å². The average Bonchev–Trinajstić information content (AvgIpc) is 1.89. The van der Waals surface area contributed by atoms with Gasteiger partial charge in [-0.25, -0.2) is 4.79 Å². The highest BCUT2D eigenvalue weighted by molar-refractivity contribution is 5.99. The molecule has 4 N–H and O–H groups in total. The van der Waals surface area contributed by atoms with Gasteiger partial charge in [0, 0.05) is 53.5 Å². The van der Waals surface area contributed by atoms with Crippen molar-refractivity contribution in [3.8, 4) is 16.9 Å². The van der Waals surface area contributed by atoms with Gasteiger partial charge < -0.3 is 55.0 Å². The third kappa shape index (κ3) is 17.8. The second-order valence-electron chi connectivity index (χ2n) is 25.2. The lowest BCUT2D eigenvalue weighted by Gasteiger charge is -2.39. The van der Waals surface area contributed by atoms with Crippen LogP contribution in [0.3, 0.4) is 0 Å². The van der Waals surface area contributed by atoms with Crippen LogP contribution in [-0.2, 0) is 67.3 Å². The number of amides is 8. The molecule has 0 aliphatic carbocycles. The van der Waals surface area contributed by atoms with E-state index in [4.69, 9.17) is 9.47 Å². The highest BCUT2D eigenvalue weighted by atomic mass is 16.6. The molecule has 0 radical (unpaired) electrons. The van der Waals surface area contributed by atoms with Gasteiger partial charge in [0.2, 0.25) is 41.4 Å². The van der Waals surface area contributed by atoms with Gasteiger partial charge in [-0.15, -0.1) is 0 Å². The second kappa shape index (κ2) is 31.4. The number of cyclic esters (lactones) is 1. The number of carbonyl (C=O) groups excluding carboxylic acids is 9. The maximum absolute atomic E-state index is 15.7. The van der Waals surface area contributed by atoms with Gasteiger partial charge >= 0.3 is 5.97 Å². The molecule has 89 heavy (non-hydrogen) atoms. The van der Waals surface area contributed by atoms with Crippen molar-refractivity contribution < 1.29 is 57.7 Å². The topological polar surface area (TPSA) is 245 Å². The summed E-state index contributed by atoms with van der Waals surface area (Å²) in [7, 11) is 5.56. The number of hydrogen-bond acceptors (Lipinski definition) is 12. The first-order valence-electron chi connectivity index (χ1n) is 31.2. The lowest BCUT2D eigenvalue weighted by Crippen LogP contribution is -2.62. The summed E-state index contributed by atoms with van der Waals surface area (Å²) in [6.45, 7) is 16.9. The second-order valence-corrected chi connectivity index (χ2v) is 25.2. The number of ether oxygens (including phenoxy) is 2. The number of nitrogens with one attached hydrogen (secondary N) is 3. The Morgan fingerprint density at radius 3 is 1.71 bits per heavy atom. The number of rotatable bonds is 15. The summed E-state index contributed by atoms with van der Waals surface area (Å²) < 4.78 is 12.1. The standard InChI is InChI=1S/C69H94N8O12/c1-15-43(5)57-66(84)73(11)45(7)60(78)70-53(37-42(3)4)64(82)76(14)59(69(9,10)87)68(86)89-58(44(6)16-2)67(85)74(12)46(8)61(79)71-54(39-47-25-19-17-20-26-47)63(81)75(13)56(65(83)77-36-24-31-55(77)62(80)72-57)40-49-29-23-30-51(38-49)50-32-34-52(35-33-50)88-41-48-27-21-18-22-28-48/h17-23,25-30,32-35,38,42-46,53-59,87H,15-16,24,31,36-37,39-41H2,1-14H3,(H,70,78)(H,71,79)(H,72,80)/t43?,44-,45+,46+,53+,54?,55+,56?,57+,58?,59?/m1/s1. The fourth-order valence-electron chi connectivity index (χ4n) is 11.4. The summed E-state index contributed by atoms with van der Waals surface area (Å²) in [4.78, 5) is 140. The Hall–Kier alpha value is -8.13. The Balaban J connectivity index is 1.45. The molecule has 2 aliphatic rings. The van der Waals surface area contributed by atoms with Crippen LogP contribution in [0, 0.1) is 17.8 Å². The van der Waals surface area contributed by atoms with E-state index in [1.54, 1.807) is 45.0 Å². The van der Waals surface area contributed by atoms with E-state index in [0.29, 0.717) is 42.7 Å². The molecular formula is C69H94N8O12. The van der Waals surface area contributed by atoms with Gasteiger partial charge in [0.1, 0.15) is 54.6 Å². The van der Waals surface area contributed by atoms with Crippen molar-refractivity contribution in [2.24, 2.45) is 17.8 Å². The van der Waals surface area contributed by atoms with Gasteiger partial charge in [0.15, 0.2) is 12.1 Å². The van der Waals surface area contributed by atoms with E-state index in [1.165, 1.54) is 70.6 Å². The monoisotopic (exact) mass is 1230 g/mol. The average molecular weight is 1230 g/mol. The Bertz CT molecular complexity index is 3100. The maximum atomic E-state index is 15.7.